The fourth-order valence-electron chi connectivity index (χ4n) is 4.14. The molecular formula is C25H19BrClN3O. The number of H-pyrrole nitrogens is 1. The first-order valence-corrected chi connectivity index (χ1v) is 11.2. The van der Waals surface area contributed by atoms with Crippen molar-refractivity contribution in [1.82, 2.24) is 15.1 Å². The molecule has 1 amide bonds. The zero-order chi connectivity index (χ0) is 21.4. The Morgan fingerprint density at radius 3 is 2.39 bits per heavy atom. The molecule has 0 aliphatic carbocycles. The van der Waals surface area contributed by atoms with Gasteiger partial charge >= 0.3 is 0 Å². The van der Waals surface area contributed by atoms with E-state index in [-0.39, 0.29) is 11.9 Å². The lowest BCUT2D eigenvalue weighted by atomic mass is 9.96. The minimum Gasteiger partial charge on any atom is -0.326 e. The number of fused-ring (bicyclic) bond motifs is 1. The predicted octanol–water partition coefficient (Wildman–Crippen LogP) is 6.28. The van der Waals surface area contributed by atoms with Crippen LogP contribution in [0.5, 0.6) is 0 Å². The molecule has 1 unspecified atom stereocenters. The van der Waals surface area contributed by atoms with Crippen LogP contribution in [0.15, 0.2) is 83.3 Å². The molecule has 0 saturated carbocycles. The number of aromatic amines is 1. The van der Waals surface area contributed by atoms with Gasteiger partial charge in [-0.15, -0.1) is 0 Å². The van der Waals surface area contributed by atoms with Gasteiger partial charge in [-0.1, -0.05) is 82.1 Å². The molecule has 1 aliphatic rings. The molecule has 0 radical (unpaired) electrons. The van der Waals surface area contributed by atoms with Crippen LogP contribution in [0, 0.1) is 0 Å². The van der Waals surface area contributed by atoms with Crippen molar-refractivity contribution >= 4 is 33.4 Å². The molecule has 1 aliphatic heterocycles. The summed E-state index contributed by atoms with van der Waals surface area (Å²) in [5.74, 6) is -0.0217. The van der Waals surface area contributed by atoms with Crippen molar-refractivity contribution in [2.75, 3.05) is 6.54 Å². The van der Waals surface area contributed by atoms with Crippen LogP contribution in [-0.4, -0.2) is 27.5 Å². The van der Waals surface area contributed by atoms with Gasteiger partial charge in [0.1, 0.15) is 5.69 Å². The molecule has 0 bridgehead atoms. The molecule has 1 N–H and O–H groups in total. The largest absolute Gasteiger partial charge is 0.326 e. The van der Waals surface area contributed by atoms with Crippen LogP contribution < -0.4 is 0 Å². The SMILES string of the molecule is O=C1c2[nH]nc(-c3ccc(Cl)cc3)c2C(c2ccc(Br)cc2)N1CCc1ccccc1. The van der Waals surface area contributed by atoms with Crippen LogP contribution >= 0.6 is 27.5 Å². The van der Waals surface area contributed by atoms with Gasteiger partial charge in [0.25, 0.3) is 5.91 Å². The van der Waals surface area contributed by atoms with E-state index >= 15 is 0 Å². The first-order valence-electron chi connectivity index (χ1n) is 10.1. The van der Waals surface area contributed by atoms with E-state index in [9.17, 15) is 4.79 Å². The summed E-state index contributed by atoms with van der Waals surface area (Å²) < 4.78 is 1.00. The standard InChI is InChI=1S/C25H19BrClN3O/c26-19-10-6-18(7-11-19)24-21-22(17-8-12-20(27)13-9-17)28-29-23(21)25(31)30(24)15-14-16-4-2-1-3-5-16/h1-13,24H,14-15H2,(H,28,29). The monoisotopic (exact) mass is 491 g/mol. The van der Waals surface area contributed by atoms with Crippen molar-refractivity contribution < 1.29 is 4.79 Å². The summed E-state index contributed by atoms with van der Waals surface area (Å²) in [7, 11) is 0. The smallest absolute Gasteiger partial charge is 0.273 e. The average Bonchev–Trinajstić information content (AvgIpc) is 3.33. The Labute approximate surface area is 194 Å². The number of nitrogens with one attached hydrogen (secondary N) is 1. The Bertz CT molecular complexity index is 1220. The van der Waals surface area contributed by atoms with Crippen molar-refractivity contribution in [2.24, 2.45) is 0 Å². The first-order chi connectivity index (χ1) is 15.1. The quantitative estimate of drug-likeness (QED) is 0.356. The molecule has 0 fully saturated rings. The lowest BCUT2D eigenvalue weighted by molar-refractivity contribution is 0.0746. The summed E-state index contributed by atoms with van der Waals surface area (Å²) in [6.45, 7) is 0.617. The van der Waals surface area contributed by atoms with E-state index in [1.165, 1.54) is 5.56 Å². The van der Waals surface area contributed by atoms with Gasteiger partial charge in [0.05, 0.1) is 11.7 Å². The average molecular weight is 493 g/mol. The molecule has 2 heterocycles. The lowest BCUT2D eigenvalue weighted by Crippen LogP contribution is -2.31. The number of halogens is 2. The lowest BCUT2D eigenvalue weighted by Gasteiger charge is -2.26. The van der Waals surface area contributed by atoms with Gasteiger partial charge in [0.15, 0.2) is 0 Å². The summed E-state index contributed by atoms with van der Waals surface area (Å²) in [5, 5.41) is 8.18. The Morgan fingerprint density at radius 1 is 0.968 bits per heavy atom. The van der Waals surface area contributed by atoms with Crippen LogP contribution in [0.3, 0.4) is 0 Å². The molecule has 6 heteroatoms. The predicted molar refractivity (Wildman–Crippen MR) is 126 cm³/mol. The van der Waals surface area contributed by atoms with Gasteiger partial charge in [0.2, 0.25) is 0 Å². The molecule has 0 saturated heterocycles. The number of carbonyl (C=O) groups excluding carboxylic acids is 1. The Balaban J connectivity index is 1.57. The van der Waals surface area contributed by atoms with E-state index in [0.29, 0.717) is 17.3 Å². The zero-order valence-corrected chi connectivity index (χ0v) is 18.9. The van der Waals surface area contributed by atoms with Gasteiger partial charge in [-0.2, -0.15) is 5.10 Å². The van der Waals surface area contributed by atoms with E-state index in [2.05, 4.69) is 50.4 Å². The third kappa shape index (κ3) is 3.80. The number of hydrogen-bond donors (Lipinski definition) is 1. The van der Waals surface area contributed by atoms with Crippen LogP contribution in [0.2, 0.25) is 5.02 Å². The molecule has 154 valence electrons. The zero-order valence-electron chi connectivity index (χ0n) is 16.6. The molecule has 4 aromatic rings. The van der Waals surface area contributed by atoms with E-state index in [1.54, 1.807) is 0 Å². The molecule has 1 aromatic heterocycles. The fourth-order valence-corrected chi connectivity index (χ4v) is 4.53. The molecule has 4 nitrogen and oxygen atoms in total. The topological polar surface area (TPSA) is 49.0 Å². The molecule has 1 atom stereocenters. The van der Waals surface area contributed by atoms with Crippen molar-refractivity contribution in [3.8, 4) is 11.3 Å². The van der Waals surface area contributed by atoms with Gasteiger partial charge < -0.3 is 4.90 Å². The number of benzene rings is 3. The van der Waals surface area contributed by atoms with Crippen LogP contribution in [0.25, 0.3) is 11.3 Å². The normalized spacial score (nSPS) is 15.4. The minimum atomic E-state index is -0.205. The summed E-state index contributed by atoms with van der Waals surface area (Å²) in [6, 6.07) is 25.7. The molecule has 5 rings (SSSR count). The van der Waals surface area contributed by atoms with Gasteiger partial charge in [-0.05, 0) is 41.8 Å². The molecule has 31 heavy (non-hydrogen) atoms. The van der Waals surface area contributed by atoms with Crippen molar-refractivity contribution in [3.63, 3.8) is 0 Å². The van der Waals surface area contributed by atoms with Gasteiger partial charge in [0, 0.05) is 27.2 Å². The second-order valence-corrected chi connectivity index (χ2v) is 8.91. The second kappa shape index (κ2) is 8.33. The number of carbonyl (C=O) groups is 1. The maximum Gasteiger partial charge on any atom is 0.273 e. The second-order valence-electron chi connectivity index (χ2n) is 7.56. The van der Waals surface area contributed by atoms with Gasteiger partial charge in [-0.25, -0.2) is 0 Å². The maximum atomic E-state index is 13.4. The van der Waals surface area contributed by atoms with Crippen molar-refractivity contribution in [1.29, 1.82) is 0 Å². The highest BCUT2D eigenvalue weighted by Gasteiger charge is 2.41. The van der Waals surface area contributed by atoms with Crippen LogP contribution in [0.4, 0.5) is 0 Å². The molecular weight excluding hydrogens is 474 g/mol. The molecule has 3 aromatic carbocycles. The third-order valence-electron chi connectivity index (χ3n) is 5.65. The summed E-state index contributed by atoms with van der Waals surface area (Å²) in [4.78, 5) is 15.3. The van der Waals surface area contributed by atoms with E-state index in [1.807, 2.05) is 59.5 Å². The molecule has 0 spiro atoms. The number of amides is 1. The Kier molecular flexibility index (Phi) is 5.38. The number of hydrogen-bond acceptors (Lipinski definition) is 2. The van der Waals surface area contributed by atoms with Crippen molar-refractivity contribution in [3.05, 3.63) is 111 Å². The first kappa shape index (κ1) is 20.0. The summed E-state index contributed by atoms with van der Waals surface area (Å²) >= 11 is 9.59. The highest BCUT2D eigenvalue weighted by molar-refractivity contribution is 9.10. The van der Waals surface area contributed by atoms with Gasteiger partial charge in [-0.3, -0.25) is 9.89 Å². The number of nitrogens with zero attached hydrogens (tertiary/aromatic N) is 2. The van der Waals surface area contributed by atoms with Crippen LogP contribution in [0.1, 0.15) is 33.2 Å². The van der Waals surface area contributed by atoms with E-state index in [0.717, 1.165) is 33.3 Å². The highest BCUT2D eigenvalue weighted by Crippen LogP contribution is 2.43. The third-order valence-corrected chi connectivity index (χ3v) is 6.43. The Hall–Kier alpha value is -2.89. The van der Waals surface area contributed by atoms with Crippen LogP contribution in [-0.2, 0) is 6.42 Å². The minimum absolute atomic E-state index is 0.0217. The number of rotatable bonds is 5. The van der Waals surface area contributed by atoms with E-state index in [4.69, 9.17) is 11.6 Å². The Morgan fingerprint density at radius 2 is 1.68 bits per heavy atom. The summed E-state index contributed by atoms with van der Waals surface area (Å²) in [6.07, 6.45) is 0.785. The maximum absolute atomic E-state index is 13.4. The summed E-state index contributed by atoms with van der Waals surface area (Å²) in [5.41, 5.74) is 5.46. The number of aromatic nitrogens is 2. The highest BCUT2D eigenvalue weighted by atomic mass is 79.9. The van der Waals surface area contributed by atoms with E-state index < -0.39 is 0 Å². The fraction of sp³-hybridized carbons (Fsp3) is 0.120. The van der Waals surface area contributed by atoms with Crippen molar-refractivity contribution in [2.45, 2.75) is 12.5 Å².